The molecular weight excluding hydrogens is 304 g/mol. The summed E-state index contributed by atoms with van der Waals surface area (Å²) in [6, 6.07) is 4.13. The first kappa shape index (κ1) is 17.2. The number of carbonyl (C=O) groups is 1. The summed E-state index contributed by atoms with van der Waals surface area (Å²) in [5, 5.41) is 2.71. The SMILES string of the molecule is Cl.NCC1CCN(CC(=O)Nc2ccc(F)c(Cl)c2)C1. The third-order valence-electron chi connectivity index (χ3n) is 3.27. The fourth-order valence-electron chi connectivity index (χ4n) is 2.23. The van der Waals surface area contributed by atoms with Crippen molar-refractivity contribution in [2.24, 2.45) is 11.7 Å². The molecule has 0 radical (unpaired) electrons. The number of halogens is 3. The average molecular weight is 322 g/mol. The van der Waals surface area contributed by atoms with E-state index in [2.05, 4.69) is 10.2 Å². The number of rotatable bonds is 4. The van der Waals surface area contributed by atoms with Crippen LogP contribution in [0.3, 0.4) is 0 Å². The molecule has 1 heterocycles. The predicted octanol–water partition coefficient (Wildman–Crippen LogP) is 2.12. The summed E-state index contributed by atoms with van der Waals surface area (Å²) in [6.07, 6.45) is 1.03. The lowest BCUT2D eigenvalue weighted by Crippen LogP contribution is -2.32. The Hall–Kier alpha value is -0.880. The van der Waals surface area contributed by atoms with E-state index in [1.165, 1.54) is 18.2 Å². The standard InChI is InChI=1S/C13H17ClFN3O.ClH/c14-11-5-10(1-2-12(11)15)17-13(19)8-18-4-3-9(6-16)7-18;/h1-2,5,9H,3-4,6-8,16H2,(H,17,19);1H. The highest BCUT2D eigenvalue weighted by molar-refractivity contribution is 6.31. The van der Waals surface area contributed by atoms with Crippen LogP contribution in [0, 0.1) is 11.7 Å². The zero-order valence-corrected chi connectivity index (χ0v) is 12.5. The van der Waals surface area contributed by atoms with Crippen molar-refractivity contribution >= 4 is 35.6 Å². The highest BCUT2D eigenvalue weighted by Crippen LogP contribution is 2.19. The molecule has 1 aliphatic rings. The highest BCUT2D eigenvalue weighted by Gasteiger charge is 2.22. The van der Waals surface area contributed by atoms with Gasteiger partial charge in [-0.15, -0.1) is 12.4 Å². The van der Waals surface area contributed by atoms with Gasteiger partial charge in [0.15, 0.2) is 0 Å². The van der Waals surface area contributed by atoms with E-state index in [9.17, 15) is 9.18 Å². The van der Waals surface area contributed by atoms with E-state index in [-0.39, 0.29) is 23.3 Å². The van der Waals surface area contributed by atoms with Crippen molar-refractivity contribution in [3.63, 3.8) is 0 Å². The monoisotopic (exact) mass is 321 g/mol. The number of carbonyl (C=O) groups excluding carboxylic acids is 1. The zero-order valence-electron chi connectivity index (χ0n) is 10.9. The molecule has 1 fully saturated rings. The minimum atomic E-state index is -0.495. The third kappa shape index (κ3) is 4.59. The van der Waals surface area contributed by atoms with Gasteiger partial charge in [0.25, 0.3) is 0 Å². The number of benzene rings is 1. The molecule has 0 aromatic heterocycles. The number of hydrogen-bond acceptors (Lipinski definition) is 3. The fourth-order valence-corrected chi connectivity index (χ4v) is 2.41. The van der Waals surface area contributed by atoms with Crippen molar-refractivity contribution in [1.29, 1.82) is 0 Å². The average Bonchev–Trinajstić information content (AvgIpc) is 2.81. The lowest BCUT2D eigenvalue weighted by atomic mass is 10.1. The topological polar surface area (TPSA) is 58.4 Å². The zero-order chi connectivity index (χ0) is 13.8. The van der Waals surface area contributed by atoms with Crippen molar-refractivity contribution in [3.05, 3.63) is 29.0 Å². The van der Waals surface area contributed by atoms with Gasteiger partial charge in [-0.1, -0.05) is 11.6 Å². The summed E-state index contributed by atoms with van der Waals surface area (Å²) < 4.78 is 13.0. The Morgan fingerprint density at radius 1 is 1.55 bits per heavy atom. The van der Waals surface area contributed by atoms with Gasteiger partial charge in [-0.3, -0.25) is 9.69 Å². The first-order valence-corrected chi connectivity index (χ1v) is 6.63. The maximum absolute atomic E-state index is 13.0. The number of nitrogens with one attached hydrogen (secondary N) is 1. The molecule has 0 spiro atoms. The molecule has 0 aliphatic carbocycles. The predicted molar refractivity (Wildman–Crippen MR) is 80.9 cm³/mol. The molecule has 1 amide bonds. The number of likely N-dealkylation sites (tertiary alicyclic amines) is 1. The van der Waals surface area contributed by atoms with Crippen LogP contribution in [-0.2, 0) is 4.79 Å². The first-order valence-electron chi connectivity index (χ1n) is 6.26. The second kappa shape index (κ2) is 7.78. The molecule has 1 aliphatic heterocycles. The van der Waals surface area contributed by atoms with Crippen LogP contribution in [-0.4, -0.2) is 37.0 Å². The van der Waals surface area contributed by atoms with E-state index in [1.807, 2.05) is 0 Å². The maximum atomic E-state index is 13.0. The Kier molecular flexibility index (Phi) is 6.68. The Balaban J connectivity index is 0.00000200. The van der Waals surface area contributed by atoms with Gasteiger partial charge in [-0.2, -0.15) is 0 Å². The second-order valence-electron chi connectivity index (χ2n) is 4.80. The number of nitrogens with two attached hydrogens (primary N) is 1. The fraction of sp³-hybridized carbons (Fsp3) is 0.462. The van der Waals surface area contributed by atoms with E-state index < -0.39 is 5.82 Å². The number of hydrogen-bond donors (Lipinski definition) is 2. The Morgan fingerprint density at radius 2 is 2.30 bits per heavy atom. The molecule has 1 atom stereocenters. The number of nitrogens with zero attached hydrogens (tertiary/aromatic N) is 1. The van der Waals surface area contributed by atoms with E-state index in [0.29, 0.717) is 24.7 Å². The molecule has 4 nitrogen and oxygen atoms in total. The Morgan fingerprint density at radius 3 is 2.90 bits per heavy atom. The molecule has 112 valence electrons. The summed E-state index contributed by atoms with van der Waals surface area (Å²) in [7, 11) is 0. The van der Waals surface area contributed by atoms with Gasteiger partial charge in [-0.25, -0.2) is 4.39 Å². The second-order valence-corrected chi connectivity index (χ2v) is 5.21. The van der Waals surface area contributed by atoms with Crippen LogP contribution < -0.4 is 11.1 Å². The van der Waals surface area contributed by atoms with Crippen molar-refractivity contribution < 1.29 is 9.18 Å². The van der Waals surface area contributed by atoms with E-state index in [1.54, 1.807) is 0 Å². The number of anilines is 1. The summed E-state index contributed by atoms with van der Waals surface area (Å²) in [5.41, 5.74) is 6.11. The third-order valence-corrected chi connectivity index (χ3v) is 3.56. The van der Waals surface area contributed by atoms with Gasteiger partial charge in [0, 0.05) is 12.2 Å². The molecule has 20 heavy (non-hydrogen) atoms. The normalized spacial score (nSPS) is 18.6. The van der Waals surface area contributed by atoms with E-state index >= 15 is 0 Å². The van der Waals surface area contributed by atoms with Gasteiger partial charge in [0.05, 0.1) is 11.6 Å². The van der Waals surface area contributed by atoms with Crippen LogP contribution in [0.5, 0.6) is 0 Å². The van der Waals surface area contributed by atoms with Crippen molar-refractivity contribution in [2.45, 2.75) is 6.42 Å². The first-order chi connectivity index (χ1) is 9.08. The molecule has 7 heteroatoms. The van der Waals surface area contributed by atoms with Gasteiger partial charge < -0.3 is 11.1 Å². The van der Waals surface area contributed by atoms with Gasteiger partial charge in [0.2, 0.25) is 5.91 Å². The molecule has 3 N–H and O–H groups in total. The lowest BCUT2D eigenvalue weighted by Gasteiger charge is -2.15. The Bertz CT molecular complexity index is 473. The molecule has 0 bridgehead atoms. The molecule has 2 rings (SSSR count). The smallest absolute Gasteiger partial charge is 0.238 e. The summed E-state index contributed by atoms with van der Waals surface area (Å²) in [5.74, 6) is -0.140. The Labute approximate surface area is 128 Å². The summed E-state index contributed by atoms with van der Waals surface area (Å²) >= 11 is 5.65. The quantitative estimate of drug-likeness (QED) is 0.893. The molecule has 1 aromatic rings. The molecule has 1 aromatic carbocycles. The van der Waals surface area contributed by atoms with Crippen LogP contribution in [0.25, 0.3) is 0 Å². The van der Waals surface area contributed by atoms with Gasteiger partial charge in [-0.05, 0) is 43.6 Å². The van der Waals surface area contributed by atoms with Crippen LogP contribution in [0.4, 0.5) is 10.1 Å². The van der Waals surface area contributed by atoms with Crippen molar-refractivity contribution in [1.82, 2.24) is 4.90 Å². The molecule has 1 saturated heterocycles. The van der Waals surface area contributed by atoms with E-state index in [4.69, 9.17) is 17.3 Å². The molecule has 1 unspecified atom stereocenters. The molecule has 0 saturated carbocycles. The maximum Gasteiger partial charge on any atom is 0.238 e. The van der Waals surface area contributed by atoms with Gasteiger partial charge >= 0.3 is 0 Å². The largest absolute Gasteiger partial charge is 0.330 e. The summed E-state index contributed by atoms with van der Waals surface area (Å²) in [4.78, 5) is 13.9. The van der Waals surface area contributed by atoms with Crippen LogP contribution >= 0.6 is 24.0 Å². The van der Waals surface area contributed by atoms with Crippen molar-refractivity contribution in [2.75, 3.05) is 31.5 Å². The minimum Gasteiger partial charge on any atom is -0.330 e. The van der Waals surface area contributed by atoms with Crippen LogP contribution in [0.1, 0.15) is 6.42 Å². The van der Waals surface area contributed by atoms with Gasteiger partial charge in [0.1, 0.15) is 5.82 Å². The number of amides is 1. The van der Waals surface area contributed by atoms with Crippen LogP contribution in [0.15, 0.2) is 18.2 Å². The van der Waals surface area contributed by atoms with E-state index in [0.717, 1.165) is 19.5 Å². The van der Waals surface area contributed by atoms with Crippen LogP contribution in [0.2, 0.25) is 5.02 Å². The molecular formula is C13H18Cl2FN3O. The van der Waals surface area contributed by atoms with Crippen molar-refractivity contribution in [3.8, 4) is 0 Å². The lowest BCUT2D eigenvalue weighted by molar-refractivity contribution is -0.117. The minimum absolute atomic E-state index is 0. The highest BCUT2D eigenvalue weighted by atomic mass is 35.5. The summed E-state index contributed by atoms with van der Waals surface area (Å²) in [6.45, 7) is 2.73.